The first-order valence-corrected chi connectivity index (χ1v) is 10.9. The number of nitrogens with zero attached hydrogens (tertiary/aromatic N) is 5. The molecule has 1 fully saturated rings. The summed E-state index contributed by atoms with van der Waals surface area (Å²) in [4.78, 5) is 41.6. The van der Waals surface area contributed by atoms with E-state index in [9.17, 15) is 14.4 Å². The fraction of sp³-hybridized carbons (Fsp3) is 0.348. The van der Waals surface area contributed by atoms with E-state index in [2.05, 4.69) is 15.3 Å². The van der Waals surface area contributed by atoms with Crippen LogP contribution in [0.4, 0.5) is 5.69 Å². The molecule has 0 saturated carbocycles. The molecule has 32 heavy (non-hydrogen) atoms. The SMILES string of the molecule is O=C(c1cc(C2CCCCN2C(=O)Cn2ncccc2=O)[nH]n1)N1CCc2ccccc21. The van der Waals surface area contributed by atoms with Gasteiger partial charge in [-0.25, -0.2) is 4.68 Å². The van der Waals surface area contributed by atoms with Gasteiger partial charge in [0, 0.05) is 31.0 Å². The Balaban J connectivity index is 1.35. The van der Waals surface area contributed by atoms with Crippen molar-refractivity contribution in [1.29, 1.82) is 0 Å². The molecule has 1 aromatic carbocycles. The molecule has 2 aliphatic rings. The van der Waals surface area contributed by atoms with Crippen LogP contribution in [-0.2, 0) is 17.8 Å². The summed E-state index contributed by atoms with van der Waals surface area (Å²) in [6.07, 6.45) is 4.96. The lowest BCUT2D eigenvalue weighted by Gasteiger charge is -2.35. The Morgan fingerprint density at radius 1 is 1.09 bits per heavy atom. The van der Waals surface area contributed by atoms with Crippen molar-refractivity contribution < 1.29 is 9.59 Å². The van der Waals surface area contributed by atoms with Crippen LogP contribution < -0.4 is 10.5 Å². The number of anilines is 1. The Morgan fingerprint density at radius 3 is 2.84 bits per heavy atom. The number of fused-ring (bicyclic) bond motifs is 1. The van der Waals surface area contributed by atoms with Gasteiger partial charge < -0.3 is 9.80 Å². The molecule has 3 aromatic rings. The highest BCUT2D eigenvalue weighted by atomic mass is 16.2. The Hall–Kier alpha value is -3.75. The van der Waals surface area contributed by atoms with Crippen molar-refractivity contribution in [1.82, 2.24) is 24.9 Å². The minimum atomic E-state index is -0.310. The molecule has 2 amide bonds. The van der Waals surface area contributed by atoms with Crippen LogP contribution in [0.3, 0.4) is 0 Å². The normalized spacial score (nSPS) is 17.9. The van der Waals surface area contributed by atoms with Crippen LogP contribution in [0.5, 0.6) is 0 Å². The zero-order chi connectivity index (χ0) is 22.1. The number of amides is 2. The summed E-state index contributed by atoms with van der Waals surface area (Å²) in [6, 6.07) is 12.4. The van der Waals surface area contributed by atoms with Gasteiger partial charge in [0.15, 0.2) is 5.69 Å². The summed E-state index contributed by atoms with van der Waals surface area (Å²) in [6.45, 7) is 1.11. The van der Waals surface area contributed by atoms with Gasteiger partial charge in [0.2, 0.25) is 5.91 Å². The molecule has 5 rings (SSSR count). The smallest absolute Gasteiger partial charge is 0.278 e. The van der Waals surface area contributed by atoms with Crippen molar-refractivity contribution in [3.05, 3.63) is 76.0 Å². The number of aromatic amines is 1. The summed E-state index contributed by atoms with van der Waals surface area (Å²) in [5, 5.41) is 11.3. The lowest BCUT2D eigenvalue weighted by Crippen LogP contribution is -2.42. The molecule has 0 radical (unpaired) electrons. The van der Waals surface area contributed by atoms with Gasteiger partial charge >= 0.3 is 0 Å². The second-order valence-corrected chi connectivity index (χ2v) is 8.16. The fourth-order valence-corrected chi connectivity index (χ4v) is 4.58. The highest BCUT2D eigenvalue weighted by Gasteiger charge is 2.32. The highest BCUT2D eigenvalue weighted by Crippen LogP contribution is 2.32. The molecule has 2 aliphatic heterocycles. The van der Waals surface area contributed by atoms with Gasteiger partial charge in [-0.1, -0.05) is 18.2 Å². The Labute approximate surface area is 184 Å². The zero-order valence-electron chi connectivity index (χ0n) is 17.6. The van der Waals surface area contributed by atoms with Crippen molar-refractivity contribution in [2.45, 2.75) is 38.3 Å². The number of aromatic nitrogens is 4. The molecule has 164 valence electrons. The number of para-hydroxylation sites is 1. The number of H-pyrrole nitrogens is 1. The lowest BCUT2D eigenvalue weighted by atomic mass is 9.99. The van der Waals surface area contributed by atoms with Gasteiger partial charge in [0.25, 0.3) is 11.5 Å². The third-order valence-electron chi connectivity index (χ3n) is 6.20. The monoisotopic (exact) mass is 432 g/mol. The summed E-state index contributed by atoms with van der Waals surface area (Å²) >= 11 is 0. The number of hydrogen-bond donors (Lipinski definition) is 1. The molecule has 9 nitrogen and oxygen atoms in total. The number of nitrogens with one attached hydrogen (secondary N) is 1. The zero-order valence-corrected chi connectivity index (χ0v) is 17.6. The maximum atomic E-state index is 13.1. The Kier molecular flexibility index (Phi) is 5.30. The maximum absolute atomic E-state index is 13.1. The van der Waals surface area contributed by atoms with Crippen molar-refractivity contribution in [2.24, 2.45) is 0 Å². The number of carbonyl (C=O) groups excluding carboxylic acids is 2. The standard InChI is InChI=1S/C23H24N6O3/c30-21-9-5-11-24-29(21)15-22(31)27-12-4-3-8-20(27)17-14-18(26-25-17)23(32)28-13-10-16-6-1-2-7-19(16)28/h1-2,5-7,9,11,14,20H,3-4,8,10,12-13,15H2,(H,25,26). The fourth-order valence-electron chi connectivity index (χ4n) is 4.58. The van der Waals surface area contributed by atoms with Crippen LogP contribution in [0, 0.1) is 0 Å². The predicted molar refractivity (Wildman–Crippen MR) is 117 cm³/mol. The minimum Gasteiger partial charge on any atom is -0.333 e. The first-order chi connectivity index (χ1) is 15.6. The van der Waals surface area contributed by atoms with Crippen LogP contribution in [0.15, 0.2) is 53.5 Å². The van der Waals surface area contributed by atoms with Crippen LogP contribution in [-0.4, -0.2) is 49.8 Å². The second kappa shape index (κ2) is 8.41. The van der Waals surface area contributed by atoms with E-state index >= 15 is 0 Å². The number of piperidine rings is 1. The second-order valence-electron chi connectivity index (χ2n) is 8.16. The van der Waals surface area contributed by atoms with Crippen LogP contribution in [0.2, 0.25) is 0 Å². The van der Waals surface area contributed by atoms with E-state index in [1.54, 1.807) is 21.9 Å². The van der Waals surface area contributed by atoms with E-state index in [4.69, 9.17) is 0 Å². The number of hydrogen-bond acceptors (Lipinski definition) is 5. The van der Waals surface area contributed by atoms with Crippen LogP contribution in [0.1, 0.15) is 47.1 Å². The molecule has 1 atom stereocenters. The van der Waals surface area contributed by atoms with Crippen molar-refractivity contribution in [3.63, 3.8) is 0 Å². The first-order valence-electron chi connectivity index (χ1n) is 10.9. The van der Waals surface area contributed by atoms with Gasteiger partial charge in [-0.3, -0.25) is 19.5 Å². The summed E-state index contributed by atoms with van der Waals surface area (Å²) < 4.78 is 1.17. The predicted octanol–water partition coefficient (Wildman–Crippen LogP) is 1.92. The number of carbonyl (C=O) groups is 2. The molecule has 0 aliphatic carbocycles. The third-order valence-corrected chi connectivity index (χ3v) is 6.20. The van der Waals surface area contributed by atoms with Crippen molar-refractivity contribution in [3.8, 4) is 0 Å². The van der Waals surface area contributed by atoms with E-state index in [0.717, 1.165) is 42.6 Å². The van der Waals surface area contributed by atoms with E-state index < -0.39 is 0 Å². The molecule has 9 heteroatoms. The number of rotatable bonds is 4. The van der Waals surface area contributed by atoms with E-state index in [1.165, 1.54) is 16.9 Å². The van der Waals surface area contributed by atoms with Crippen molar-refractivity contribution >= 4 is 17.5 Å². The average molecular weight is 432 g/mol. The van der Waals surface area contributed by atoms with E-state index in [0.29, 0.717) is 18.8 Å². The molecular formula is C23H24N6O3. The van der Waals surface area contributed by atoms with Gasteiger partial charge in [0.1, 0.15) is 6.54 Å². The van der Waals surface area contributed by atoms with Crippen LogP contribution in [0.25, 0.3) is 0 Å². The van der Waals surface area contributed by atoms with E-state index in [1.807, 2.05) is 24.3 Å². The van der Waals surface area contributed by atoms with Gasteiger partial charge in [-0.2, -0.15) is 10.2 Å². The van der Waals surface area contributed by atoms with Crippen molar-refractivity contribution in [2.75, 3.05) is 18.0 Å². The third kappa shape index (κ3) is 3.70. The Morgan fingerprint density at radius 2 is 1.97 bits per heavy atom. The molecule has 2 aromatic heterocycles. The molecular weight excluding hydrogens is 408 g/mol. The van der Waals surface area contributed by atoms with Gasteiger partial charge in [0.05, 0.1) is 11.7 Å². The molecule has 0 bridgehead atoms. The quantitative estimate of drug-likeness (QED) is 0.678. The highest BCUT2D eigenvalue weighted by molar-refractivity contribution is 6.06. The molecule has 0 spiro atoms. The number of benzene rings is 1. The summed E-state index contributed by atoms with van der Waals surface area (Å²) in [5.41, 5.74) is 2.86. The summed E-state index contributed by atoms with van der Waals surface area (Å²) in [7, 11) is 0. The van der Waals surface area contributed by atoms with E-state index in [-0.39, 0.29) is 30.0 Å². The summed E-state index contributed by atoms with van der Waals surface area (Å²) in [5.74, 6) is -0.322. The topological polar surface area (TPSA) is 104 Å². The molecule has 1 unspecified atom stereocenters. The average Bonchev–Trinajstić information content (AvgIpc) is 3.48. The largest absolute Gasteiger partial charge is 0.333 e. The van der Waals surface area contributed by atoms with Gasteiger partial charge in [-0.15, -0.1) is 0 Å². The maximum Gasteiger partial charge on any atom is 0.278 e. The Bertz CT molecular complexity index is 1220. The molecule has 1 N–H and O–H groups in total. The minimum absolute atomic E-state index is 0.110. The molecule has 4 heterocycles. The van der Waals surface area contributed by atoms with Gasteiger partial charge in [-0.05, 0) is 49.4 Å². The lowest BCUT2D eigenvalue weighted by molar-refractivity contribution is -0.136. The number of likely N-dealkylation sites (tertiary alicyclic amines) is 1. The van der Waals surface area contributed by atoms with Crippen LogP contribution >= 0.6 is 0 Å². The first kappa shape index (κ1) is 20.2. The molecule has 1 saturated heterocycles.